The van der Waals surface area contributed by atoms with Gasteiger partial charge in [0.1, 0.15) is 15.6 Å². The maximum Gasteiger partial charge on any atom is 0.358 e. The predicted octanol–water partition coefficient (Wildman–Crippen LogP) is 3.70. The number of nitrogens with one attached hydrogen (secondary N) is 1. The van der Waals surface area contributed by atoms with Crippen LogP contribution in [0, 0.1) is 6.92 Å². The maximum atomic E-state index is 12.9. The first-order valence-electron chi connectivity index (χ1n) is 8.13. The van der Waals surface area contributed by atoms with E-state index in [2.05, 4.69) is 9.88 Å². The number of rotatable bonds is 5. The van der Waals surface area contributed by atoms with Gasteiger partial charge in [-0.05, 0) is 36.1 Å². The van der Waals surface area contributed by atoms with Crippen molar-refractivity contribution in [1.29, 1.82) is 0 Å². The van der Waals surface area contributed by atoms with E-state index in [-0.39, 0.29) is 21.7 Å². The summed E-state index contributed by atoms with van der Waals surface area (Å²) in [6.45, 7) is 2.15. The minimum absolute atomic E-state index is 0.114. The van der Waals surface area contributed by atoms with Gasteiger partial charge in [-0.25, -0.2) is 13.1 Å². The average Bonchev–Trinajstić information content (AvgIpc) is 3.35. The molecule has 0 amide bonds. The van der Waals surface area contributed by atoms with Gasteiger partial charge in [-0.3, -0.25) is 0 Å². The third-order valence-corrected chi connectivity index (χ3v) is 7.34. The first-order chi connectivity index (χ1) is 13.3. The number of ether oxygens (including phenoxy) is 2. The second-order valence-electron chi connectivity index (χ2n) is 6.14. The molecular weight excluding hydrogens is 428 g/mol. The Kier molecular flexibility index (Phi) is 4.74. The monoisotopic (exact) mass is 442 g/mol. The van der Waals surface area contributed by atoms with Crippen molar-refractivity contribution in [2.45, 2.75) is 31.1 Å². The van der Waals surface area contributed by atoms with Crippen LogP contribution in [-0.4, -0.2) is 25.2 Å². The number of fused-ring (bicyclic) bond motifs is 1. The summed E-state index contributed by atoms with van der Waals surface area (Å²) in [6, 6.07) is 6.71. The number of anilines is 1. The van der Waals surface area contributed by atoms with E-state index in [4.69, 9.17) is 25.6 Å². The average molecular weight is 443 g/mol. The molecule has 148 valence electrons. The number of aliphatic hydroxyl groups excluding tert-OH is 1. The van der Waals surface area contributed by atoms with Crippen LogP contribution in [0.4, 0.5) is 5.88 Å². The van der Waals surface area contributed by atoms with Crippen molar-refractivity contribution < 1.29 is 27.5 Å². The molecule has 1 aliphatic heterocycles. The first-order valence-corrected chi connectivity index (χ1v) is 10.9. The zero-order valence-electron chi connectivity index (χ0n) is 14.7. The fourth-order valence-electron chi connectivity index (χ4n) is 2.82. The molecule has 0 bridgehead atoms. The van der Waals surface area contributed by atoms with Gasteiger partial charge in [0.15, 0.2) is 11.5 Å². The summed E-state index contributed by atoms with van der Waals surface area (Å²) in [5, 5.41) is 14.9. The van der Waals surface area contributed by atoms with Gasteiger partial charge in [0.05, 0.1) is 0 Å². The number of halogens is 1. The summed E-state index contributed by atoms with van der Waals surface area (Å²) in [7, 11) is -3.94. The smallest absolute Gasteiger partial charge is 0.358 e. The van der Waals surface area contributed by atoms with Crippen molar-refractivity contribution in [3.63, 3.8) is 0 Å². The Morgan fingerprint density at radius 3 is 2.75 bits per heavy atom. The lowest BCUT2D eigenvalue weighted by Crippen LogP contribution is -2.15. The Morgan fingerprint density at radius 1 is 1.29 bits per heavy atom. The molecule has 3 aromatic rings. The van der Waals surface area contributed by atoms with E-state index in [0.717, 1.165) is 5.56 Å². The molecule has 2 N–H and O–H groups in total. The highest BCUT2D eigenvalue weighted by molar-refractivity contribution is 7.93. The highest BCUT2D eigenvalue weighted by Crippen LogP contribution is 2.40. The minimum Gasteiger partial charge on any atom is -0.428 e. The van der Waals surface area contributed by atoms with Gasteiger partial charge in [0.25, 0.3) is 15.9 Å². The van der Waals surface area contributed by atoms with Crippen LogP contribution in [0.3, 0.4) is 0 Å². The maximum absolute atomic E-state index is 12.9. The Labute approximate surface area is 169 Å². The third kappa shape index (κ3) is 3.32. The van der Waals surface area contributed by atoms with Crippen LogP contribution in [0.15, 0.2) is 39.1 Å². The van der Waals surface area contributed by atoms with Crippen LogP contribution in [-0.2, 0) is 10.0 Å². The van der Waals surface area contributed by atoms with Crippen molar-refractivity contribution >= 4 is 38.8 Å². The molecule has 8 nitrogen and oxygen atoms in total. The van der Waals surface area contributed by atoms with Crippen molar-refractivity contribution in [3.05, 3.63) is 50.8 Å². The van der Waals surface area contributed by atoms with E-state index in [1.807, 2.05) is 6.92 Å². The molecule has 11 heteroatoms. The molecule has 1 aromatic carbocycles. The summed E-state index contributed by atoms with van der Waals surface area (Å²) in [5.74, 6) is 0.450. The molecule has 28 heavy (non-hydrogen) atoms. The van der Waals surface area contributed by atoms with Gasteiger partial charge in [0.2, 0.25) is 0 Å². The summed E-state index contributed by atoms with van der Waals surface area (Å²) >= 11 is 7.33. The number of hydrogen-bond donors (Lipinski definition) is 2. The van der Waals surface area contributed by atoms with Crippen LogP contribution < -0.4 is 14.2 Å². The Morgan fingerprint density at radius 2 is 2.04 bits per heavy atom. The molecule has 0 fully saturated rings. The standard InChI is InChI=1S/C17H15ClN2O6S2/c1-8(10-3-4-11-12(7-10)25-17(21)24-11)15-13(5-6-27-15)28(22,23)20-16-14(18)9(2)19-26-16/h3-8,17,20-21H,1-2H3. The van der Waals surface area contributed by atoms with Crippen LogP contribution in [0.1, 0.15) is 29.0 Å². The summed E-state index contributed by atoms with van der Waals surface area (Å²) in [6.07, 6.45) is 0. The van der Waals surface area contributed by atoms with Crippen molar-refractivity contribution in [1.82, 2.24) is 5.16 Å². The van der Waals surface area contributed by atoms with E-state index >= 15 is 0 Å². The molecule has 0 saturated heterocycles. The minimum atomic E-state index is -3.94. The van der Waals surface area contributed by atoms with Crippen LogP contribution in [0.2, 0.25) is 5.02 Å². The lowest BCUT2D eigenvalue weighted by molar-refractivity contribution is -0.133. The van der Waals surface area contributed by atoms with Gasteiger partial charge in [0, 0.05) is 10.8 Å². The molecule has 3 heterocycles. The largest absolute Gasteiger partial charge is 0.428 e. The molecule has 0 radical (unpaired) electrons. The van der Waals surface area contributed by atoms with E-state index in [1.165, 1.54) is 17.4 Å². The number of nitrogens with zero attached hydrogens (tertiary/aromatic N) is 1. The van der Waals surface area contributed by atoms with Gasteiger partial charge >= 0.3 is 6.48 Å². The molecule has 2 aromatic heterocycles. The van der Waals surface area contributed by atoms with Crippen molar-refractivity contribution in [3.8, 4) is 11.5 Å². The van der Waals surface area contributed by atoms with Crippen LogP contribution in [0.25, 0.3) is 0 Å². The van der Waals surface area contributed by atoms with Gasteiger partial charge < -0.3 is 19.1 Å². The lowest BCUT2D eigenvalue weighted by atomic mass is 9.99. The number of hydrogen-bond acceptors (Lipinski definition) is 8. The van der Waals surface area contributed by atoms with Crippen LogP contribution in [0.5, 0.6) is 11.5 Å². The number of sulfonamides is 1. The number of aliphatic hydroxyl groups is 1. The lowest BCUT2D eigenvalue weighted by Gasteiger charge is -2.14. The van der Waals surface area contributed by atoms with Crippen LogP contribution >= 0.6 is 22.9 Å². The zero-order valence-corrected chi connectivity index (χ0v) is 17.1. The quantitative estimate of drug-likeness (QED) is 0.619. The van der Waals surface area contributed by atoms with Crippen molar-refractivity contribution in [2.75, 3.05) is 4.72 Å². The fourth-order valence-corrected chi connectivity index (χ4v) is 5.61. The van der Waals surface area contributed by atoms with E-state index < -0.39 is 16.5 Å². The summed E-state index contributed by atoms with van der Waals surface area (Å²) in [4.78, 5) is 0.743. The predicted molar refractivity (Wildman–Crippen MR) is 103 cm³/mol. The third-order valence-electron chi connectivity index (χ3n) is 4.28. The first kappa shape index (κ1) is 19.1. The SMILES string of the molecule is Cc1noc(NS(=O)(=O)c2ccsc2C(C)c2ccc3c(c2)OC(O)O3)c1Cl. The molecule has 4 rings (SSSR count). The Bertz CT molecular complexity index is 1140. The number of benzene rings is 1. The van der Waals surface area contributed by atoms with E-state index in [0.29, 0.717) is 22.1 Å². The highest BCUT2D eigenvalue weighted by Gasteiger charge is 2.28. The number of aromatic nitrogens is 1. The summed E-state index contributed by atoms with van der Waals surface area (Å²) in [5.41, 5.74) is 1.20. The van der Waals surface area contributed by atoms with E-state index in [1.54, 1.807) is 30.5 Å². The Balaban J connectivity index is 1.65. The molecule has 0 saturated carbocycles. The van der Waals surface area contributed by atoms with Crippen molar-refractivity contribution in [2.24, 2.45) is 0 Å². The topological polar surface area (TPSA) is 111 Å². The fraction of sp³-hybridized carbons (Fsp3) is 0.235. The van der Waals surface area contributed by atoms with Gasteiger partial charge in [-0.15, -0.1) is 11.3 Å². The molecule has 2 unspecified atom stereocenters. The van der Waals surface area contributed by atoms with Gasteiger partial charge in [-0.1, -0.05) is 29.7 Å². The normalized spacial score (nSPS) is 16.9. The van der Waals surface area contributed by atoms with Gasteiger partial charge in [-0.2, -0.15) is 0 Å². The molecule has 2 atom stereocenters. The second-order valence-corrected chi connectivity index (χ2v) is 9.11. The number of thiophene rings is 1. The summed E-state index contributed by atoms with van der Waals surface area (Å²) < 4.78 is 43.3. The van der Waals surface area contributed by atoms with E-state index in [9.17, 15) is 13.5 Å². The molecular formula is C17H15ClN2O6S2. The second kappa shape index (κ2) is 6.96. The molecule has 1 aliphatic rings. The number of aryl methyl sites for hydroxylation is 1. The Hall–Kier alpha value is -2.27. The zero-order chi connectivity index (χ0) is 20.1. The molecule has 0 spiro atoms. The molecule has 0 aliphatic carbocycles. The highest BCUT2D eigenvalue weighted by atomic mass is 35.5.